The highest BCUT2D eigenvalue weighted by atomic mass is 16.3. The molecule has 0 saturated carbocycles. The summed E-state index contributed by atoms with van der Waals surface area (Å²) in [6.07, 6.45) is 4.64. The van der Waals surface area contributed by atoms with Crippen molar-refractivity contribution < 1.29 is 4.42 Å². The van der Waals surface area contributed by atoms with E-state index < -0.39 is 0 Å². The van der Waals surface area contributed by atoms with Crippen molar-refractivity contribution in [2.75, 3.05) is 9.80 Å². The highest BCUT2D eigenvalue weighted by molar-refractivity contribution is 7.00. The summed E-state index contributed by atoms with van der Waals surface area (Å²) in [7, 11) is 0. The Morgan fingerprint density at radius 3 is 1.60 bits per heavy atom. The smallest absolute Gasteiger partial charge is 0.297 e. The van der Waals surface area contributed by atoms with Crippen LogP contribution in [0, 0.1) is 20.8 Å². The number of hydrogen-bond donors (Lipinski definition) is 0. The number of anilines is 6. The normalized spacial score (nSPS) is 18.5. The van der Waals surface area contributed by atoms with Crippen LogP contribution in [0.4, 0.5) is 34.1 Å². The van der Waals surface area contributed by atoms with Gasteiger partial charge in [0.25, 0.3) is 6.71 Å². The molecule has 330 valence electrons. The molecule has 0 radical (unpaired) electrons. The molecule has 65 heavy (non-hydrogen) atoms. The molecule has 4 heteroatoms. The van der Waals surface area contributed by atoms with E-state index in [9.17, 15) is 0 Å². The van der Waals surface area contributed by atoms with Crippen LogP contribution in [-0.4, -0.2) is 6.71 Å². The highest BCUT2D eigenvalue weighted by Gasteiger charge is 2.49. The van der Waals surface area contributed by atoms with Gasteiger partial charge in [-0.2, -0.15) is 0 Å². The first kappa shape index (κ1) is 42.2. The summed E-state index contributed by atoms with van der Waals surface area (Å²) in [5.41, 5.74) is 25.8. The molecule has 2 aliphatic carbocycles. The molecule has 2 aliphatic heterocycles. The van der Waals surface area contributed by atoms with Crippen molar-refractivity contribution in [3.8, 4) is 11.1 Å². The number of aryl methyl sites for hydroxylation is 3. The van der Waals surface area contributed by atoms with Gasteiger partial charge >= 0.3 is 0 Å². The molecule has 11 rings (SSSR count). The van der Waals surface area contributed by atoms with Crippen LogP contribution >= 0.6 is 0 Å². The van der Waals surface area contributed by atoms with Crippen molar-refractivity contribution in [2.45, 2.75) is 150 Å². The van der Waals surface area contributed by atoms with Gasteiger partial charge in [-0.05, 0) is 195 Å². The minimum atomic E-state index is -0.0996. The van der Waals surface area contributed by atoms with Crippen LogP contribution in [0.2, 0.25) is 0 Å². The second-order valence-electron chi connectivity index (χ2n) is 24.1. The Bertz CT molecular complexity index is 3090. The Morgan fingerprint density at radius 2 is 1.03 bits per heavy atom. The fraction of sp³-hybridized carbons (Fsp3) is 0.377. The van der Waals surface area contributed by atoms with Crippen LogP contribution < -0.4 is 26.4 Å². The van der Waals surface area contributed by atoms with E-state index in [2.05, 4.69) is 210 Å². The fourth-order valence-electron chi connectivity index (χ4n) is 12.4. The van der Waals surface area contributed by atoms with E-state index in [1.165, 1.54) is 100 Å². The zero-order chi connectivity index (χ0) is 45.9. The first-order valence-corrected chi connectivity index (χ1v) is 24.4. The van der Waals surface area contributed by atoms with Crippen molar-refractivity contribution in [3.63, 3.8) is 0 Å². The third kappa shape index (κ3) is 6.28. The maximum atomic E-state index is 7.60. The van der Waals surface area contributed by atoms with E-state index in [4.69, 9.17) is 4.42 Å². The molecule has 0 spiro atoms. The standard InChI is InChI=1S/C61H67BN2O/c1-36-30-50-54-51(31-36)64(42-22-18-39(19-23-42)53-37(2)16-15-17-38(53)3)55-43-32-44-47(61(13,14)29-26-58(44,7)8)35-52(43)65-56(55)62(54)48-33-45-46(60(11,12)28-27-59(45,9)10)34-49(48)63(50)41-24-20-40(21-25-41)57(4,5)6/h15-25,30-35H,26-29H2,1-14H3. The molecule has 0 fully saturated rings. The van der Waals surface area contributed by atoms with E-state index in [1.54, 1.807) is 0 Å². The Morgan fingerprint density at radius 1 is 0.538 bits per heavy atom. The molecule has 1 aromatic heterocycles. The molecule has 0 atom stereocenters. The molecule has 0 amide bonds. The van der Waals surface area contributed by atoms with Gasteiger partial charge in [-0.15, -0.1) is 0 Å². The van der Waals surface area contributed by atoms with E-state index in [0.717, 1.165) is 42.6 Å². The monoisotopic (exact) mass is 855 g/mol. The molecular weight excluding hydrogens is 787 g/mol. The summed E-state index contributed by atoms with van der Waals surface area (Å²) < 4.78 is 7.60. The largest absolute Gasteiger partial charge is 0.468 e. The fourth-order valence-corrected chi connectivity index (χ4v) is 12.4. The molecule has 6 aromatic carbocycles. The quantitative estimate of drug-likeness (QED) is 0.165. The van der Waals surface area contributed by atoms with Crippen LogP contribution in [0.3, 0.4) is 0 Å². The van der Waals surface area contributed by atoms with E-state index >= 15 is 0 Å². The lowest BCUT2D eigenvalue weighted by Gasteiger charge is -2.46. The maximum absolute atomic E-state index is 7.60. The third-order valence-corrected chi connectivity index (χ3v) is 16.6. The summed E-state index contributed by atoms with van der Waals surface area (Å²) in [4.78, 5) is 5.17. The molecule has 4 aliphatic rings. The number of hydrogen-bond acceptors (Lipinski definition) is 3. The average molecular weight is 855 g/mol. The van der Waals surface area contributed by atoms with Crippen LogP contribution in [0.25, 0.3) is 22.1 Å². The Balaban J connectivity index is 1.24. The highest BCUT2D eigenvalue weighted by Crippen LogP contribution is 2.53. The SMILES string of the molecule is Cc1cc2c3c(c1)N(c1ccc(-c4c(C)cccc4C)cc1)c1c(oc4cc5c(cc14)C(C)(C)CCC5(C)C)B3c1cc3c(cc1N2c1ccc(C(C)(C)C)cc1)C(C)(C)CCC3(C)C. The predicted octanol–water partition coefficient (Wildman–Crippen LogP) is 15.1. The van der Waals surface area contributed by atoms with Crippen molar-refractivity contribution in [3.05, 3.63) is 148 Å². The van der Waals surface area contributed by atoms with Gasteiger partial charge < -0.3 is 14.2 Å². The lowest BCUT2D eigenvalue weighted by Crippen LogP contribution is -2.61. The van der Waals surface area contributed by atoms with Gasteiger partial charge in [-0.25, -0.2) is 0 Å². The summed E-state index contributed by atoms with van der Waals surface area (Å²) in [6.45, 7) is 33.2. The summed E-state index contributed by atoms with van der Waals surface area (Å²) in [5.74, 6) is 0. The van der Waals surface area contributed by atoms with Crippen molar-refractivity contribution in [1.82, 2.24) is 0 Å². The zero-order valence-electron chi connectivity index (χ0n) is 41.5. The van der Waals surface area contributed by atoms with E-state index in [0.29, 0.717) is 0 Å². The lowest BCUT2D eigenvalue weighted by molar-refractivity contribution is 0.332. The van der Waals surface area contributed by atoms with Crippen LogP contribution in [0.15, 0.2) is 108 Å². The van der Waals surface area contributed by atoms with E-state index in [-0.39, 0.29) is 33.8 Å². The van der Waals surface area contributed by atoms with Gasteiger partial charge in [0.2, 0.25) is 0 Å². The van der Waals surface area contributed by atoms with Crippen molar-refractivity contribution in [1.29, 1.82) is 0 Å². The van der Waals surface area contributed by atoms with Gasteiger partial charge in [-0.3, -0.25) is 0 Å². The second kappa shape index (κ2) is 13.8. The molecule has 0 unspecified atom stereocenters. The van der Waals surface area contributed by atoms with Crippen LogP contribution in [0.1, 0.15) is 146 Å². The van der Waals surface area contributed by atoms with Gasteiger partial charge in [0.05, 0.1) is 11.3 Å². The average Bonchev–Trinajstić information content (AvgIpc) is 3.61. The first-order valence-electron chi connectivity index (χ1n) is 24.4. The summed E-state index contributed by atoms with van der Waals surface area (Å²) in [5, 5.41) is 1.21. The van der Waals surface area contributed by atoms with Gasteiger partial charge in [0.15, 0.2) is 0 Å². The molecule has 3 nitrogen and oxygen atoms in total. The Kier molecular flexibility index (Phi) is 8.95. The molecular formula is C61H67BN2O. The van der Waals surface area contributed by atoms with Gasteiger partial charge in [-0.1, -0.05) is 125 Å². The summed E-state index contributed by atoms with van der Waals surface area (Å²) >= 11 is 0. The third-order valence-electron chi connectivity index (χ3n) is 16.6. The Labute approximate surface area is 389 Å². The number of benzene rings is 6. The van der Waals surface area contributed by atoms with E-state index in [1.807, 2.05) is 0 Å². The molecule has 0 bridgehead atoms. The van der Waals surface area contributed by atoms with Crippen molar-refractivity contribution >= 4 is 68.4 Å². The zero-order valence-corrected chi connectivity index (χ0v) is 41.5. The minimum absolute atomic E-state index is 0.0420. The van der Waals surface area contributed by atoms with Crippen molar-refractivity contribution in [2.24, 2.45) is 0 Å². The molecule has 3 heterocycles. The lowest BCUT2D eigenvalue weighted by atomic mass is 9.35. The minimum Gasteiger partial charge on any atom is -0.468 e. The van der Waals surface area contributed by atoms with Crippen LogP contribution in [-0.2, 0) is 27.1 Å². The number of rotatable bonds is 3. The predicted molar refractivity (Wildman–Crippen MR) is 279 cm³/mol. The summed E-state index contributed by atoms with van der Waals surface area (Å²) in [6, 6.07) is 40.5. The number of furan rings is 1. The van der Waals surface area contributed by atoms with Crippen LogP contribution in [0.5, 0.6) is 0 Å². The Hall–Kier alpha value is -5.48. The van der Waals surface area contributed by atoms with Gasteiger partial charge in [0.1, 0.15) is 5.58 Å². The molecule has 0 N–H and O–H groups in total. The maximum Gasteiger partial charge on any atom is 0.297 e. The number of fused-ring (bicyclic) bond motifs is 8. The molecule has 0 saturated heterocycles. The molecule has 7 aromatic rings. The first-order chi connectivity index (χ1) is 30.6. The topological polar surface area (TPSA) is 19.6 Å². The number of nitrogens with zero attached hydrogens (tertiary/aromatic N) is 2. The van der Waals surface area contributed by atoms with Gasteiger partial charge in [0, 0.05) is 33.8 Å². The second-order valence-corrected chi connectivity index (χ2v) is 24.1.